The second-order valence-electron chi connectivity index (χ2n) is 5.09. The first-order valence-corrected chi connectivity index (χ1v) is 7.12. The minimum absolute atomic E-state index is 0.00958. The van der Waals surface area contributed by atoms with Gasteiger partial charge >= 0.3 is 0 Å². The maximum Gasteiger partial charge on any atom is 0.256 e. The lowest BCUT2D eigenvalue weighted by atomic mass is 10.1. The molecule has 1 N–H and O–H groups in total. The number of methoxy groups -OCH3 is 2. The number of amides is 1. The zero-order valence-corrected chi connectivity index (χ0v) is 13.6. The quantitative estimate of drug-likeness (QED) is 0.798. The number of hydrogen-bond donors (Lipinski definition) is 1. The van der Waals surface area contributed by atoms with Gasteiger partial charge in [0.25, 0.3) is 5.91 Å². The highest BCUT2D eigenvalue weighted by molar-refractivity contribution is 6.00. The summed E-state index contributed by atoms with van der Waals surface area (Å²) >= 11 is 0. The van der Waals surface area contributed by atoms with E-state index in [2.05, 4.69) is 5.32 Å². The molecule has 0 saturated heterocycles. The number of rotatable bonds is 8. The van der Waals surface area contributed by atoms with E-state index < -0.39 is 0 Å². The Balaban J connectivity index is 3.06. The fraction of sp³-hybridized carbons (Fsp3) is 0.562. The number of nitrogens with zero attached hydrogens (tertiary/aromatic N) is 1. The van der Waals surface area contributed by atoms with E-state index in [9.17, 15) is 4.79 Å². The fourth-order valence-electron chi connectivity index (χ4n) is 2.25. The van der Waals surface area contributed by atoms with Gasteiger partial charge in [0.15, 0.2) is 0 Å². The predicted octanol–water partition coefficient (Wildman–Crippen LogP) is 2.16. The van der Waals surface area contributed by atoms with Crippen molar-refractivity contribution in [3.8, 4) is 0 Å². The van der Waals surface area contributed by atoms with Crippen LogP contribution in [0, 0.1) is 6.92 Å². The molecule has 1 aromatic carbocycles. The third-order valence-electron chi connectivity index (χ3n) is 3.41. The monoisotopic (exact) mass is 294 g/mol. The van der Waals surface area contributed by atoms with E-state index in [1.165, 1.54) is 0 Å². The van der Waals surface area contributed by atoms with Gasteiger partial charge in [-0.3, -0.25) is 4.79 Å². The molecule has 1 atom stereocenters. The summed E-state index contributed by atoms with van der Waals surface area (Å²) in [4.78, 5) is 14.7. The number of carbonyl (C=O) groups is 1. The van der Waals surface area contributed by atoms with Crippen LogP contribution in [0.1, 0.15) is 22.8 Å². The second kappa shape index (κ2) is 8.64. The molecule has 0 spiro atoms. The molecule has 0 aliphatic rings. The average molecular weight is 294 g/mol. The molecule has 1 aromatic rings. The summed E-state index contributed by atoms with van der Waals surface area (Å²) in [5.74, 6) is -0.00958. The van der Waals surface area contributed by atoms with Crippen LogP contribution < -0.4 is 5.32 Å². The Kier molecular flexibility index (Phi) is 7.19. The van der Waals surface area contributed by atoms with E-state index in [0.717, 1.165) is 11.3 Å². The molecule has 0 aromatic heterocycles. The molecule has 0 aliphatic carbocycles. The number of carbonyl (C=O) groups excluding carboxylic acids is 1. The Morgan fingerprint density at radius 1 is 1.33 bits per heavy atom. The van der Waals surface area contributed by atoms with Crippen LogP contribution in [0.15, 0.2) is 18.2 Å². The van der Waals surface area contributed by atoms with Gasteiger partial charge in [-0.05, 0) is 26.0 Å². The van der Waals surface area contributed by atoms with Crippen LogP contribution >= 0.6 is 0 Å². The molecular weight excluding hydrogens is 268 g/mol. The zero-order chi connectivity index (χ0) is 15.8. The largest absolute Gasteiger partial charge is 0.387 e. The molecule has 0 radical (unpaired) electrons. The number of hydrogen-bond acceptors (Lipinski definition) is 4. The van der Waals surface area contributed by atoms with Gasteiger partial charge in [-0.15, -0.1) is 0 Å². The van der Waals surface area contributed by atoms with Crippen molar-refractivity contribution in [2.45, 2.75) is 19.9 Å². The topological polar surface area (TPSA) is 50.8 Å². The zero-order valence-electron chi connectivity index (χ0n) is 13.6. The van der Waals surface area contributed by atoms with Crippen molar-refractivity contribution in [1.29, 1.82) is 0 Å². The molecule has 5 nitrogen and oxygen atoms in total. The van der Waals surface area contributed by atoms with E-state index in [1.807, 2.05) is 39.1 Å². The molecule has 1 amide bonds. The van der Waals surface area contributed by atoms with Gasteiger partial charge in [-0.25, -0.2) is 0 Å². The molecule has 0 heterocycles. The van der Waals surface area contributed by atoms with Crippen molar-refractivity contribution in [2.75, 3.05) is 46.3 Å². The summed E-state index contributed by atoms with van der Waals surface area (Å²) in [6.07, 6.45) is 0. The van der Waals surface area contributed by atoms with Crippen molar-refractivity contribution in [3.63, 3.8) is 0 Å². The minimum atomic E-state index is -0.0112. The summed E-state index contributed by atoms with van der Waals surface area (Å²) in [6.45, 7) is 5.49. The van der Waals surface area contributed by atoms with E-state index >= 15 is 0 Å². The van der Waals surface area contributed by atoms with Crippen molar-refractivity contribution >= 4 is 11.6 Å². The number of benzene rings is 1. The van der Waals surface area contributed by atoms with E-state index in [0.29, 0.717) is 25.3 Å². The maximum atomic E-state index is 12.9. The molecule has 0 bridgehead atoms. The summed E-state index contributed by atoms with van der Waals surface area (Å²) in [5, 5.41) is 3.08. The van der Waals surface area contributed by atoms with Crippen LogP contribution in [0.3, 0.4) is 0 Å². The summed E-state index contributed by atoms with van der Waals surface area (Å²) in [5.41, 5.74) is 2.57. The number of aryl methyl sites for hydroxylation is 1. The van der Waals surface area contributed by atoms with E-state index in [-0.39, 0.29) is 11.9 Å². The Hall–Kier alpha value is -1.59. The lowest BCUT2D eigenvalue weighted by Crippen LogP contribution is -2.43. The Morgan fingerprint density at radius 3 is 2.62 bits per heavy atom. The summed E-state index contributed by atoms with van der Waals surface area (Å²) in [7, 11) is 5.09. The summed E-state index contributed by atoms with van der Waals surface area (Å²) < 4.78 is 10.3. The van der Waals surface area contributed by atoms with Gasteiger partial charge in [0, 0.05) is 33.5 Å². The average Bonchev–Trinajstić information content (AvgIpc) is 2.47. The standard InChI is InChI=1S/C16H26N2O3/c1-12-6-7-15(17-3)14(10-12)16(19)18(8-9-20-4)13(2)11-21-5/h6-7,10,13,17H,8-9,11H2,1-5H3. The summed E-state index contributed by atoms with van der Waals surface area (Å²) in [6, 6.07) is 5.81. The number of anilines is 1. The molecule has 0 aliphatic heterocycles. The van der Waals surface area contributed by atoms with Gasteiger partial charge in [-0.1, -0.05) is 11.6 Å². The highest BCUT2D eigenvalue weighted by Gasteiger charge is 2.23. The first-order chi connectivity index (χ1) is 10.0. The van der Waals surface area contributed by atoms with Gasteiger partial charge in [-0.2, -0.15) is 0 Å². The molecule has 21 heavy (non-hydrogen) atoms. The lowest BCUT2D eigenvalue weighted by Gasteiger charge is -2.29. The van der Waals surface area contributed by atoms with Crippen LogP contribution in [-0.4, -0.2) is 57.9 Å². The van der Waals surface area contributed by atoms with Crippen molar-refractivity contribution in [3.05, 3.63) is 29.3 Å². The Morgan fingerprint density at radius 2 is 2.05 bits per heavy atom. The molecular formula is C16H26N2O3. The van der Waals surface area contributed by atoms with Crippen LogP contribution in [0.5, 0.6) is 0 Å². The highest BCUT2D eigenvalue weighted by atomic mass is 16.5. The molecule has 5 heteroatoms. The fourth-order valence-corrected chi connectivity index (χ4v) is 2.25. The van der Waals surface area contributed by atoms with Crippen LogP contribution in [0.2, 0.25) is 0 Å². The molecule has 118 valence electrons. The first-order valence-electron chi connectivity index (χ1n) is 7.12. The van der Waals surface area contributed by atoms with Gasteiger partial charge in [0.1, 0.15) is 0 Å². The Bertz CT molecular complexity index is 463. The molecule has 1 unspecified atom stereocenters. The second-order valence-corrected chi connectivity index (χ2v) is 5.09. The SMILES string of the molecule is CNc1ccc(C)cc1C(=O)N(CCOC)C(C)COC. The van der Waals surface area contributed by atoms with Gasteiger partial charge in [0.2, 0.25) is 0 Å². The lowest BCUT2D eigenvalue weighted by molar-refractivity contribution is 0.0480. The smallest absolute Gasteiger partial charge is 0.256 e. The van der Waals surface area contributed by atoms with Gasteiger partial charge in [0.05, 0.1) is 24.8 Å². The minimum Gasteiger partial charge on any atom is -0.387 e. The Labute approximate surface area is 127 Å². The highest BCUT2D eigenvalue weighted by Crippen LogP contribution is 2.20. The van der Waals surface area contributed by atoms with Crippen LogP contribution in [0.4, 0.5) is 5.69 Å². The van der Waals surface area contributed by atoms with Crippen molar-refractivity contribution in [1.82, 2.24) is 4.90 Å². The normalized spacial score (nSPS) is 12.0. The van der Waals surface area contributed by atoms with Crippen molar-refractivity contribution < 1.29 is 14.3 Å². The van der Waals surface area contributed by atoms with E-state index in [4.69, 9.17) is 9.47 Å². The number of nitrogens with one attached hydrogen (secondary N) is 1. The van der Waals surface area contributed by atoms with Crippen LogP contribution in [0.25, 0.3) is 0 Å². The van der Waals surface area contributed by atoms with E-state index in [1.54, 1.807) is 19.1 Å². The molecule has 0 fully saturated rings. The number of ether oxygens (including phenoxy) is 2. The van der Waals surface area contributed by atoms with Crippen molar-refractivity contribution in [2.24, 2.45) is 0 Å². The third-order valence-corrected chi connectivity index (χ3v) is 3.41. The molecule has 0 saturated carbocycles. The first kappa shape index (κ1) is 17.5. The predicted molar refractivity (Wildman–Crippen MR) is 85.0 cm³/mol. The maximum absolute atomic E-state index is 12.9. The van der Waals surface area contributed by atoms with Gasteiger partial charge < -0.3 is 19.7 Å². The van der Waals surface area contributed by atoms with Crippen LogP contribution in [-0.2, 0) is 9.47 Å². The third kappa shape index (κ3) is 4.72. The molecule has 1 rings (SSSR count).